The van der Waals surface area contributed by atoms with E-state index >= 15 is 0 Å². The molecule has 3 N–H and O–H groups in total. The highest BCUT2D eigenvalue weighted by atomic mass is 16.3. The molecule has 0 aromatic heterocycles. The fourth-order valence-corrected chi connectivity index (χ4v) is 6.39. The highest BCUT2D eigenvalue weighted by molar-refractivity contribution is 5.76. The summed E-state index contributed by atoms with van der Waals surface area (Å²) in [5.41, 5.74) is 0.336. The summed E-state index contributed by atoms with van der Waals surface area (Å²) in [6, 6.07) is 0. The van der Waals surface area contributed by atoms with E-state index in [9.17, 15) is 9.90 Å². The van der Waals surface area contributed by atoms with Crippen molar-refractivity contribution in [3.05, 3.63) is 0 Å². The van der Waals surface area contributed by atoms with Gasteiger partial charge < -0.3 is 15.7 Å². The van der Waals surface area contributed by atoms with E-state index < -0.39 is 0 Å². The maximum absolute atomic E-state index is 12.5. The summed E-state index contributed by atoms with van der Waals surface area (Å²) >= 11 is 0. The van der Waals surface area contributed by atoms with Crippen molar-refractivity contribution in [3.8, 4) is 0 Å². The van der Waals surface area contributed by atoms with E-state index in [1.54, 1.807) is 0 Å². The number of rotatable bonds is 5. The van der Waals surface area contributed by atoms with Crippen LogP contribution in [0.25, 0.3) is 0 Å². The quantitative estimate of drug-likeness (QED) is 0.722. The molecule has 22 heavy (non-hydrogen) atoms. The second kappa shape index (κ2) is 5.79. The first-order valence-electron chi connectivity index (χ1n) is 9.24. The van der Waals surface area contributed by atoms with Crippen LogP contribution in [0, 0.1) is 35.0 Å². The zero-order valence-corrected chi connectivity index (χ0v) is 13.5. The molecule has 4 bridgehead atoms. The van der Waals surface area contributed by atoms with Gasteiger partial charge in [-0.1, -0.05) is 0 Å². The van der Waals surface area contributed by atoms with Gasteiger partial charge in [-0.15, -0.1) is 0 Å². The minimum Gasteiger partial charge on any atom is -0.396 e. The van der Waals surface area contributed by atoms with Gasteiger partial charge in [-0.2, -0.15) is 0 Å². The summed E-state index contributed by atoms with van der Waals surface area (Å²) in [6.45, 7) is 2.75. The van der Waals surface area contributed by atoms with Crippen LogP contribution in [0.15, 0.2) is 0 Å². The molecule has 1 amide bonds. The zero-order valence-electron chi connectivity index (χ0n) is 13.5. The number of aliphatic hydroxyl groups excluding tert-OH is 1. The van der Waals surface area contributed by atoms with Crippen LogP contribution in [0.3, 0.4) is 0 Å². The maximum atomic E-state index is 12.5. The van der Waals surface area contributed by atoms with E-state index in [2.05, 4.69) is 10.6 Å². The molecule has 1 aliphatic heterocycles. The lowest BCUT2D eigenvalue weighted by Gasteiger charge is -2.56. The van der Waals surface area contributed by atoms with E-state index in [0.717, 1.165) is 43.8 Å². The van der Waals surface area contributed by atoms with Crippen molar-refractivity contribution < 1.29 is 9.90 Å². The number of carbonyl (C=O) groups excluding carboxylic acids is 1. The second-order valence-electron chi connectivity index (χ2n) is 8.76. The summed E-state index contributed by atoms with van der Waals surface area (Å²) in [7, 11) is 0. The van der Waals surface area contributed by atoms with Gasteiger partial charge in [0.25, 0.3) is 0 Å². The Morgan fingerprint density at radius 2 is 1.64 bits per heavy atom. The molecule has 4 heteroatoms. The smallest absolute Gasteiger partial charge is 0.220 e. The van der Waals surface area contributed by atoms with Crippen LogP contribution in [-0.4, -0.2) is 37.3 Å². The summed E-state index contributed by atoms with van der Waals surface area (Å²) < 4.78 is 0. The van der Waals surface area contributed by atoms with Gasteiger partial charge >= 0.3 is 0 Å². The molecule has 5 fully saturated rings. The van der Waals surface area contributed by atoms with E-state index in [-0.39, 0.29) is 12.5 Å². The van der Waals surface area contributed by atoms with Crippen LogP contribution < -0.4 is 10.6 Å². The van der Waals surface area contributed by atoms with Crippen LogP contribution in [0.4, 0.5) is 0 Å². The Bertz CT molecular complexity index is 402. The summed E-state index contributed by atoms with van der Waals surface area (Å²) in [4.78, 5) is 12.5. The maximum Gasteiger partial charge on any atom is 0.220 e. The van der Waals surface area contributed by atoms with Gasteiger partial charge in [-0.05, 0) is 67.6 Å². The fourth-order valence-electron chi connectivity index (χ4n) is 6.39. The third-order valence-corrected chi connectivity index (χ3v) is 6.98. The number of hydrogen-bond donors (Lipinski definition) is 3. The molecule has 0 radical (unpaired) electrons. The Morgan fingerprint density at radius 3 is 2.23 bits per heavy atom. The predicted molar refractivity (Wildman–Crippen MR) is 85.2 cm³/mol. The summed E-state index contributed by atoms with van der Waals surface area (Å²) in [5, 5.41) is 15.8. The summed E-state index contributed by atoms with van der Waals surface area (Å²) in [6.07, 6.45) is 8.97. The lowest BCUT2D eigenvalue weighted by atomic mass is 9.49. The van der Waals surface area contributed by atoms with Gasteiger partial charge in [-0.3, -0.25) is 4.79 Å². The largest absolute Gasteiger partial charge is 0.396 e. The highest BCUT2D eigenvalue weighted by Crippen LogP contribution is 2.61. The Labute approximate surface area is 133 Å². The first-order chi connectivity index (χ1) is 10.7. The van der Waals surface area contributed by atoms with Crippen molar-refractivity contribution in [1.29, 1.82) is 0 Å². The highest BCUT2D eigenvalue weighted by Gasteiger charge is 2.51. The third-order valence-electron chi connectivity index (χ3n) is 6.98. The molecule has 1 saturated heterocycles. The first kappa shape index (κ1) is 14.9. The standard InChI is InChI=1S/C18H30N2O2/c21-11-16-9-19-8-15(16)10-20-17(22)7-18-4-12-1-13(5-18)3-14(2-12)6-18/h12-16,19,21H,1-11H2,(H,20,22)/t12?,13?,14?,15-,16-,18?/m0/s1. The lowest BCUT2D eigenvalue weighted by Crippen LogP contribution is -2.48. The Balaban J connectivity index is 1.31. The summed E-state index contributed by atoms with van der Waals surface area (Å²) in [5.74, 6) is 3.70. The molecule has 4 nitrogen and oxygen atoms in total. The molecule has 1 heterocycles. The number of amides is 1. The molecular weight excluding hydrogens is 276 g/mol. The molecule has 4 aliphatic carbocycles. The fraction of sp³-hybridized carbons (Fsp3) is 0.944. The van der Waals surface area contributed by atoms with Crippen molar-refractivity contribution in [1.82, 2.24) is 10.6 Å². The van der Waals surface area contributed by atoms with E-state index in [1.807, 2.05) is 0 Å². The van der Waals surface area contributed by atoms with Gasteiger partial charge in [0, 0.05) is 38.6 Å². The second-order valence-corrected chi connectivity index (χ2v) is 8.76. The van der Waals surface area contributed by atoms with Crippen LogP contribution >= 0.6 is 0 Å². The Hall–Kier alpha value is -0.610. The number of carbonyl (C=O) groups is 1. The minimum atomic E-state index is 0.225. The molecule has 0 spiro atoms. The number of nitrogens with one attached hydrogen (secondary N) is 2. The minimum absolute atomic E-state index is 0.225. The SMILES string of the molecule is O=C(CC12CC3CC(CC(C3)C1)C2)NC[C@@H]1CNC[C@H]1CO. The van der Waals surface area contributed by atoms with Crippen molar-refractivity contribution >= 4 is 5.91 Å². The van der Waals surface area contributed by atoms with E-state index in [1.165, 1.54) is 38.5 Å². The van der Waals surface area contributed by atoms with Crippen molar-refractivity contribution in [3.63, 3.8) is 0 Å². The molecule has 0 aromatic rings. The molecule has 0 unspecified atom stereocenters. The molecule has 124 valence electrons. The molecule has 0 aromatic carbocycles. The van der Waals surface area contributed by atoms with Crippen molar-refractivity contribution in [2.24, 2.45) is 35.0 Å². The Kier molecular flexibility index (Phi) is 3.93. The van der Waals surface area contributed by atoms with Crippen molar-refractivity contribution in [2.75, 3.05) is 26.2 Å². The molecule has 4 saturated carbocycles. The van der Waals surface area contributed by atoms with Crippen LogP contribution in [0.2, 0.25) is 0 Å². The molecular formula is C18H30N2O2. The topological polar surface area (TPSA) is 61.4 Å². The van der Waals surface area contributed by atoms with Crippen LogP contribution in [0.5, 0.6) is 0 Å². The molecule has 5 rings (SSSR count). The van der Waals surface area contributed by atoms with Crippen molar-refractivity contribution in [2.45, 2.75) is 44.9 Å². The number of hydrogen-bond acceptors (Lipinski definition) is 3. The number of aliphatic hydroxyl groups is 1. The van der Waals surface area contributed by atoms with Crippen LogP contribution in [0.1, 0.15) is 44.9 Å². The average molecular weight is 306 g/mol. The molecule has 5 aliphatic rings. The lowest BCUT2D eigenvalue weighted by molar-refractivity contribution is -0.129. The van der Waals surface area contributed by atoms with Gasteiger partial charge in [0.15, 0.2) is 0 Å². The third kappa shape index (κ3) is 2.80. The predicted octanol–water partition coefficient (Wildman–Crippen LogP) is 1.54. The zero-order chi connectivity index (χ0) is 15.2. The van der Waals surface area contributed by atoms with E-state index in [4.69, 9.17) is 0 Å². The van der Waals surface area contributed by atoms with E-state index in [0.29, 0.717) is 17.3 Å². The average Bonchev–Trinajstić information content (AvgIpc) is 2.90. The monoisotopic (exact) mass is 306 g/mol. The molecule has 2 atom stereocenters. The van der Waals surface area contributed by atoms with Gasteiger partial charge in [0.2, 0.25) is 5.91 Å². The Morgan fingerprint density at radius 1 is 1.05 bits per heavy atom. The normalized spacial score (nSPS) is 46.1. The van der Waals surface area contributed by atoms with Crippen LogP contribution in [-0.2, 0) is 4.79 Å². The van der Waals surface area contributed by atoms with Gasteiger partial charge in [0.05, 0.1) is 0 Å². The first-order valence-corrected chi connectivity index (χ1v) is 9.24. The van der Waals surface area contributed by atoms with Gasteiger partial charge in [-0.25, -0.2) is 0 Å². The van der Waals surface area contributed by atoms with Gasteiger partial charge in [0.1, 0.15) is 0 Å².